The van der Waals surface area contributed by atoms with Crippen LogP contribution in [0.25, 0.3) is 0 Å². The zero-order chi connectivity index (χ0) is 10.8. The molecule has 0 bridgehead atoms. The van der Waals surface area contributed by atoms with Crippen molar-refractivity contribution in [2.24, 2.45) is 10.8 Å². The number of rotatable bonds is 4. The fourth-order valence-corrected chi connectivity index (χ4v) is 1.17. The summed E-state index contributed by atoms with van der Waals surface area (Å²) in [7, 11) is 0. The van der Waals surface area contributed by atoms with Crippen LogP contribution in [0, 0.1) is 22.2 Å². The number of hydrogen-bond donors (Lipinski definition) is 1. The fraction of sp³-hybridized carbons (Fsp3) is 0.818. The Balaban J connectivity index is 2.45. The number of carbonyl (C=O) groups excluding carboxylic acids is 1. The highest BCUT2D eigenvalue weighted by atomic mass is 16.2. The number of carbonyl (C=O) groups is 1. The lowest BCUT2D eigenvalue weighted by molar-refractivity contribution is -0.127. The zero-order valence-corrected chi connectivity index (χ0v) is 9.18. The summed E-state index contributed by atoms with van der Waals surface area (Å²) in [6.07, 6.45) is 2.93. The van der Waals surface area contributed by atoms with Gasteiger partial charge < -0.3 is 5.32 Å². The molecule has 0 aromatic carbocycles. The molecular weight excluding hydrogens is 176 g/mol. The Bertz CT molecular complexity index is 276. The van der Waals surface area contributed by atoms with Crippen molar-refractivity contribution in [3.8, 4) is 6.07 Å². The second-order valence-corrected chi connectivity index (χ2v) is 4.79. The van der Waals surface area contributed by atoms with Gasteiger partial charge in [0.1, 0.15) is 5.41 Å². The lowest BCUT2D eigenvalue weighted by Gasteiger charge is -2.20. The number of amides is 1. The predicted molar refractivity (Wildman–Crippen MR) is 54.4 cm³/mol. The van der Waals surface area contributed by atoms with Gasteiger partial charge in [-0.25, -0.2) is 0 Å². The van der Waals surface area contributed by atoms with Crippen LogP contribution < -0.4 is 5.32 Å². The quantitative estimate of drug-likeness (QED) is 0.742. The molecule has 1 fully saturated rings. The van der Waals surface area contributed by atoms with Gasteiger partial charge in [-0.2, -0.15) is 5.26 Å². The van der Waals surface area contributed by atoms with E-state index >= 15 is 0 Å². The Labute approximate surface area is 85.5 Å². The summed E-state index contributed by atoms with van der Waals surface area (Å²) in [5.41, 5.74) is -0.551. The van der Waals surface area contributed by atoms with Crippen molar-refractivity contribution in [1.82, 2.24) is 5.32 Å². The van der Waals surface area contributed by atoms with Crippen LogP contribution in [0.1, 0.15) is 40.0 Å². The summed E-state index contributed by atoms with van der Waals surface area (Å²) in [6.45, 7) is 6.42. The van der Waals surface area contributed by atoms with Crippen LogP contribution in [0.2, 0.25) is 0 Å². The zero-order valence-electron chi connectivity index (χ0n) is 9.18. The average Bonchev–Trinajstić information content (AvgIpc) is 2.92. The maximum absolute atomic E-state index is 11.7. The van der Waals surface area contributed by atoms with E-state index in [4.69, 9.17) is 5.26 Å². The average molecular weight is 194 g/mol. The van der Waals surface area contributed by atoms with E-state index in [1.165, 1.54) is 12.8 Å². The molecule has 78 valence electrons. The van der Waals surface area contributed by atoms with Crippen LogP contribution in [0.3, 0.4) is 0 Å². The number of hydrogen-bond acceptors (Lipinski definition) is 2. The van der Waals surface area contributed by atoms with Gasteiger partial charge in [-0.15, -0.1) is 0 Å². The van der Waals surface area contributed by atoms with E-state index in [1.54, 1.807) is 6.92 Å². The van der Waals surface area contributed by atoms with Crippen molar-refractivity contribution >= 4 is 5.91 Å². The summed E-state index contributed by atoms with van der Waals surface area (Å²) < 4.78 is 0. The Morgan fingerprint density at radius 1 is 1.64 bits per heavy atom. The van der Waals surface area contributed by atoms with E-state index in [0.29, 0.717) is 18.4 Å². The third kappa shape index (κ3) is 2.25. The summed E-state index contributed by atoms with van der Waals surface area (Å²) in [6, 6.07) is 2.07. The largest absolute Gasteiger partial charge is 0.354 e. The number of nitrogens with zero attached hydrogens (tertiary/aromatic N) is 1. The molecule has 1 rings (SSSR count). The van der Waals surface area contributed by atoms with Gasteiger partial charge in [0.25, 0.3) is 0 Å². The summed E-state index contributed by atoms with van der Waals surface area (Å²) in [5, 5.41) is 11.8. The second-order valence-electron chi connectivity index (χ2n) is 4.79. The van der Waals surface area contributed by atoms with Crippen molar-refractivity contribution < 1.29 is 4.79 Å². The van der Waals surface area contributed by atoms with Gasteiger partial charge in [-0.3, -0.25) is 4.79 Å². The van der Waals surface area contributed by atoms with Gasteiger partial charge in [0.05, 0.1) is 6.07 Å². The van der Waals surface area contributed by atoms with E-state index in [0.717, 1.165) is 0 Å². The van der Waals surface area contributed by atoms with Gasteiger partial charge in [-0.1, -0.05) is 13.8 Å². The Hall–Kier alpha value is -1.04. The van der Waals surface area contributed by atoms with Crippen molar-refractivity contribution in [2.75, 3.05) is 6.54 Å². The lowest BCUT2D eigenvalue weighted by Crippen LogP contribution is -2.40. The van der Waals surface area contributed by atoms with E-state index in [1.807, 2.05) is 6.92 Å². The SMILES string of the molecule is CCC(C)(C#N)C(=O)NCC1(C)CC1. The Kier molecular flexibility index (Phi) is 2.84. The molecule has 3 nitrogen and oxygen atoms in total. The molecule has 1 N–H and O–H groups in total. The maximum atomic E-state index is 11.7. The fourth-order valence-electron chi connectivity index (χ4n) is 1.17. The highest BCUT2D eigenvalue weighted by Crippen LogP contribution is 2.44. The van der Waals surface area contributed by atoms with E-state index < -0.39 is 5.41 Å². The van der Waals surface area contributed by atoms with Crippen molar-refractivity contribution in [2.45, 2.75) is 40.0 Å². The molecule has 1 unspecified atom stereocenters. The molecule has 1 aliphatic carbocycles. The Morgan fingerprint density at radius 2 is 2.21 bits per heavy atom. The topological polar surface area (TPSA) is 52.9 Å². The summed E-state index contributed by atoms with van der Waals surface area (Å²) >= 11 is 0. The van der Waals surface area contributed by atoms with Crippen molar-refractivity contribution in [3.63, 3.8) is 0 Å². The van der Waals surface area contributed by atoms with Gasteiger partial charge in [-0.05, 0) is 31.6 Å². The highest BCUT2D eigenvalue weighted by Gasteiger charge is 2.39. The normalized spacial score (nSPS) is 21.9. The molecule has 1 saturated carbocycles. The molecule has 1 atom stereocenters. The van der Waals surface area contributed by atoms with Gasteiger partial charge in [0.2, 0.25) is 5.91 Å². The smallest absolute Gasteiger partial charge is 0.240 e. The highest BCUT2D eigenvalue weighted by molar-refractivity contribution is 5.84. The minimum Gasteiger partial charge on any atom is -0.354 e. The molecule has 3 heteroatoms. The van der Waals surface area contributed by atoms with E-state index in [-0.39, 0.29) is 5.91 Å². The number of nitriles is 1. The molecule has 0 aromatic heterocycles. The van der Waals surface area contributed by atoms with E-state index in [2.05, 4.69) is 18.3 Å². The minimum absolute atomic E-state index is 0.129. The maximum Gasteiger partial charge on any atom is 0.240 e. The van der Waals surface area contributed by atoms with Crippen LogP contribution in [-0.2, 0) is 4.79 Å². The molecule has 0 radical (unpaired) electrons. The second kappa shape index (κ2) is 3.61. The third-order valence-electron chi connectivity index (χ3n) is 3.23. The molecule has 0 aromatic rings. The molecule has 14 heavy (non-hydrogen) atoms. The molecule has 0 heterocycles. The van der Waals surface area contributed by atoms with Crippen LogP contribution in [-0.4, -0.2) is 12.5 Å². The first kappa shape index (κ1) is 11.0. The molecule has 0 aliphatic heterocycles. The summed E-state index contributed by atoms with van der Waals surface area (Å²) in [5.74, 6) is -0.129. The number of nitrogens with one attached hydrogen (secondary N) is 1. The first-order valence-corrected chi connectivity index (χ1v) is 5.15. The van der Waals surface area contributed by atoms with Crippen molar-refractivity contribution in [3.05, 3.63) is 0 Å². The van der Waals surface area contributed by atoms with Gasteiger partial charge >= 0.3 is 0 Å². The van der Waals surface area contributed by atoms with Crippen LogP contribution in [0.5, 0.6) is 0 Å². The summed E-state index contributed by atoms with van der Waals surface area (Å²) in [4.78, 5) is 11.7. The van der Waals surface area contributed by atoms with Crippen LogP contribution in [0.4, 0.5) is 0 Å². The lowest BCUT2D eigenvalue weighted by atomic mass is 9.88. The van der Waals surface area contributed by atoms with Gasteiger partial charge in [0.15, 0.2) is 0 Å². The van der Waals surface area contributed by atoms with E-state index in [9.17, 15) is 4.79 Å². The van der Waals surface area contributed by atoms with Crippen LogP contribution in [0.15, 0.2) is 0 Å². The standard InChI is InChI=1S/C11H18N2O/c1-4-11(3,7-12)9(14)13-8-10(2)5-6-10/h4-6,8H2,1-3H3,(H,13,14). The van der Waals surface area contributed by atoms with Crippen molar-refractivity contribution in [1.29, 1.82) is 5.26 Å². The molecule has 0 spiro atoms. The molecule has 0 saturated heterocycles. The predicted octanol–water partition coefficient (Wildman–Crippen LogP) is 1.84. The first-order chi connectivity index (χ1) is 6.46. The third-order valence-corrected chi connectivity index (χ3v) is 3.23. The minimum atomic E-state index is -0.856. The molecular formula is C11H18N2O. The Morgan fingerprint density at radius 3 is 2.57 bits per heavy atom. The van der Waals surface area contributed by atoms with Gasteiger partial charge in [0, 0.05) is 6.54 Å². The molecule has 1 amide bonds. The van der Waals surface area contributed by atoms with Crippen LogP contribution >= 0.6 is 0 Å². The molecule has 1 aliphatic rings. The first-order valence-electron chi connectivity index (χ1n) is 5.15. The monoisotopic (exact) mass is 194 g/mol.